The molecular formula is C16H19NO4. The maximum absolute atomic E-state index is 12.3. The third kappa shape index (κ3) is 2.78. The van der Waals surface area contributed by atoms with Crippen LogP contribution >= 0.6 is 0 Å². The minimum atomic E-state index is -0.789. The summed E-state index contributed by atoms with van der Waals surface area (Å²) in [5, 5.41) is 10.7. The summed E-state index contributed by atoms with van der Waals surface area (Å²) in [6, 6.07) is 5.42. The summed E-state index contributed by atoms with van der Waals surface area (Å²) in [7, 11) is 3.04. The lowest BCUT2D eigenvalue weighted by Crippen LogP contribution is -2.21. The van der Waals surface area contributed by atoms with Gasteiger partial charge in [-0.15, -0.1) is 0 Å². The van der Waals surface area contributed by atoms with E-state index in [0.29, 0.717) is 28.2 Å². The maximum Gasteiger partial charge on any atom is 0.255 e. The number of aliphatic hydroxyl groups is 1. The standard InChI is InChI=1S/C16H19NO4/c1-9(2)12(18)8-11-15(21-4)10-6-5-7-13(20-3)14(10)17-16(11)19/h5-7,12,18H,1,8H2,2-4H3,(H,17,19)/t12-/m1/s1. The van der Waals surface area contributed by atoms with Crippen LogP contribution in [0.4, 0.5) is 0 Å². The van der Waals surface area contributed by atoms with Crippen molar-refractivity contribution in [2.24, 2.45) is 0 Å². The summed E-state index contributed by atoms with van der Waals surface area (Å²) in [6.07, 6.45) is -0.635. The highest BCUT2D eigenvalue weighted by Gasteiger charge is 2.18. The second-order valence-electron chi connectivity index (χ2n) is 4.92. The molecule has 1 aromatic heterocycles. The zero-order valence-electron chi connectivity index (χ0n) is 12.4. The number of hydrogen-bond acceptors (Lipinski definition) is 4. The molecule has 0 radical (unpaired) electrons. The number of para-hydroxylation sites is 1. The molecule has 0 spiro atoms. The van der Waals surface area contributed by atoms with Crippen molar-refractivity contribution in [1.82, 2.24) is 4.98 Å². The molecule has 0 bridgehead atoms. The van der Waals surface area contributed by atoms with Gasteiger partial charge in [0.2, 0.25) is 0 Å². The first-order valence-electron chi connectivity index (χ1n) is 6.59. The number of nitrogens with one attached hydrogen (secondary N) is 1. The van der Waals surface area contributed by atoms with E-state index in [2.05, 4.69) is 11.6 Å². The van der Waals surface area contributed by atoms with E-state index in [-0.39, 0.29) is 12.0 Å². The highest BCUT2D eigenvalue weighted by molar-refractivity contribution is 5.90. The minimum absolute atomic E-state index is 0.154. The van der Waals surface area contributed by atoms with Crippen molar-refractivity contribution in [2.75, 3.05) is 14.2 Å². The Bertz CT molecular complexity index is 733. The number of benzene rings is 1. The van der Waals surface area contributed by atoms with Gasteiger partial charge in [-0.2, -0.15) is 0 Å². The van der Waals surface area contributed by atoms with Gasteiger partial charge in [-0.1, -0.05) is 18.2 Å². The molecule has 0 amide bonds. The fourth-order valence-corrected chi connectivity index (χ4v) is 2.26. The molecule has 0 aliphatic heterocycles. The number of hydrogen-bond donors (Lipinski definition) is 2. The number of H-pyrrole nitrogens is 1. The summed E-state index contributed by atoms with van der Waals surface area (Å²) in [4.78, 5) is 15.1. The van der Waals surface area contributed by atoms with Crippen LogP contribution < -0.4 is 15.0 Å². The fourth-order valence-electron chi connectivity index (χ4n) is 2.26. The van der Waals surface area contributed by atoms with E-state index in [4.69, 9.17) is 9.47 Å². The molecule has 0 saturated heterocycles. The van der Waals surface area contributed by atoms with Crippen LogP contribution in [0, 0.1) is 0 Å². The Morgan fingerprint density at radius 3 is 2.67 bits per heavy atom. The molecular weight excluding hydrogens is 270 g/mol. The molecule has 112 valence electrons. The van der Waals surface area contributed by atoms with Crippen LogP contribution in [-0.4, -0.2) is 30.4 Å². The smallest absolute Gasteiger partial charge is 0.255 e. The summed E-state index contributed by atoms with van der Waals surface area (Å²) in [5.74, 6) is 1.02. The van der Waals surface area contributed by atoms with Gasteiger partial charge in [0.25, 0.3) is 5.56 Å². The Morgan fingerprint density at radius 2 is 2.10 bits per heavy atom. The molecule has 5 heteroatoms. The highest BCUT2D eigenvalue weighted by Crippen LogP contribution is 2.32. The zero-order valence-corrected chi connectivity index (χ0v) is 12.4. The van der Waals surface area contributed by atoms with Crippen LogP contribution in [0.2, 0.25) is 0 Å². The molecule has 0 unspecified atom stereocenters. The Kier molecular flexibility index (Phi) is 4.33. The van der Waals surface area contributed by atoms with E-state index >= 15 is 0 Å². The largest absolute Gasteiger partial charge is 0.496 e. The van der Waals surface area contributed by atoms with Gasteiger partial charge in [0, 0.05) is 11.8 Å². The SMILES string of the molecule is C=C(C)[C@H](O)Cc1c(OC)c2cccc(OC)c2[nH]c1=O. The Hall–Kier alpha value is -2.27. The first kappa shape index (κ1) is 15.1. The van der Waals surface area contributed by atoms with Crippen LogP contribution in [0.25, 0.3) is 10.9 Å². The van der Waals surface area contributed by atoms with E-state index in [1.807, 2.05) is 12.1 Å². The van der Waals surface area contributed by atoms with Gasteiger partial charge in [0.15, 0.2) is 0 Å². The van der Waals surface area contributed by atoms with Crippen molar-refractivity contribution in [2.45, 2.75) is 19.4 Å². The Morgan fingerprint density at radius 1 is 1.38 bits per heavy atom. The molecule has 1 heterocycles. The summed E-state index contributed by atoms with van der Waals surface area (Å²) >= 11 is 0. The molecule has 0 aliphatic carbocycles. The third-order valence-electron chi connectivity index (χ3n) is 3.45. The average Bonchev–Trinajstić information content (AvgIpc) is 2.47. The van der Waals surface area contributed by atoms with Crippen LogP contribution in [0.1, 0.15) is 12.5 Å². The quantitative estimate of drug-likeness (QED) is 0.826. The number of methoxy groups -OCH3 is 2. The molecule has 0 saturated carbocycles. The van der Waals surface area contributed by atoms with Crippen LogP contribution in [0.3, 0.4) is 0 Å². The second kappa shape index (κ2) is 6.01. The number of ether oxygens (including phenoxy) is 2. The van der Waals surface area contributed by atoms with Gasteiger partial charge in [-0.25, -0.2) is 0 Å². The number of rotatable bonds is 5. The van der Waals surface area contributed by atoms with Crippen molar-refractivity contribution in [3.05, 3.63) is 46.3 Å². The lowest BCUT2D eigenvalue weighted by atomic mass is 10.0. The van der Waals surface area contributed by atoms with E-state index < -0.39 is 6.10 Å². The van der Waals surface area contributed by atoms with Gasteiger partial charge in [-0.05, 0) is 19.1 Å². The normalized spacial score (nSPS) is 12.2. The van der Waals surface area contributed by atoms with Gasteiger partial charge in [0.05, 0.1) is 31.4 Å². The maximum atomic E-state index is 12.3. The number of aliphatic hydroxyl groups excluding tert-OH is 1. The summed E-state index contributed by atoms with van der Waals surface area (Å²) in [5.41, 5.74) is 1.27. The van der Waals surface area contributed by atoms with Crippen LogP contribution in [-0.2, 0) is 6.42 Å². The predicted molar refractivity (Wildman–Crippen MR) is 82.2 cm³/mol. The molecule has 0 fully saturated rings. The van der Waals surface area contributed by atoms with E-state index in [1.54, 1.807) is 13.0 Å². The topological polar surface area (TPSA) is 71.5 Å². The van der Waals surface area contributed by atoms with Crippen molar-refractivity contribution in [3.63, 3.8) is 0 Å². The molecule has 1 atom stereocenters. The first-order valence-corrected chi connectivity index (χ1v) is 6.59. The Labute approximate surface area is 122 Å². The molecule has 1 aromatic carbocycles. The lowest BCUT2D eigenvalue weighted by molar-refractivity contribution is 0.210. The fraction of sp³-hybridized carbons (Fsp3) is 0.312. The number of aromatic amines is 1. The van der Waals surface area contributed by atoms with Gasteiger partial charge in [-0.3, -0.25) is 4.79 Å². The van der Waals surface area contributed by atoms with Gasteiger partial charge < -0.3 is 19.6 Å². The first-order chi connectivity index (χ1) is 9.99. The minimum Gasteiger partial charge on any atom is -0.496 e. The molecule has 21 heavy (non-hydrogen) atoms. The molecule has 2 aromatic rings. The van der Waals surface area contributed by atoms with E-state index in [1.165, 1.54) is 14.2 Å². The third-order valence-corrected chi connectivity index (χ3v) is 3.45. The molecule has 0 aliphatic rings. The summed E-state index contributed by atoms with van der Waals surface area (Å²) in [6.45, 7) is 5.42. The number of pyridine rings is 1. The summed E-state index contributed by atoms with van der Waals surface area (Å²) < 4.78 is 10.7. The monoisotopic (exact) mass is 289 g/mol. The number of fused-ring (bicyclic) bond motifs is 1. The highest BCUT2D eigenvalue weighted by atomic mass is 16.5. The molecule has 2 rings (SSSR count). The zero-order chi connectivity index (χ0) is 15.6. The lowest BCUT2D eigenvalue weighted by Gasteiger charge is -2.15. The van der Waals surface area contributed by atoms with Gasteiger partial charge in [0.1, 0.15) is 11.5 Å². The number of aromatic nitrogens is 1. The van der Waals surface area contributed by atoms with Crippen molar-refractivity contribution in [1.29, 1.82) is 0 Å². The van der Waals surface area contributed by atoms with Crippen LogP contribution in [0.15, 0.2) is 35.1 Å². The predicted octanol–water partition coefficient (Wildman–Crippen LogP) is 2.02. The van der Waals surface area contributed by atoms with Crippen molar-refractivity contribution < 1.29 is 14.6 Å². The second-order valence-corrected chi connectivity index (χ2v) is 4.92. The van der Waals surface area contributed by atoms with E-state index in [0.717, 1.165) is 5.39 Å². The molecule has 5 nitrogen and oxygen atoms in total. The van der Waals surface area contributed by atoms with Crippen LogP contribution in [0.5, 0.6) is 11.5 Å². The van der Waals surface area contributed by atoms with Crippen molar-refractivity contribution in [3.8, 4) is 11.5 Å². The Balaban J connectivity index is 2.70. The average molecular weight is 289 g/mol. The van der Waals surface area contributed by atoms with Crippen molar-refractivity contribution >= 4 is 10.9 Å². The van der Waals surface area contributed by atoms with Gasteiger partial charge >= 0.3 is 0 Å². The molecule has 2 N–H and O–H groups in total. The van der Waals surface area contributed by atoms with E-state index in [9.17, 15) is 9.90 Å².